The lowest BCUT2D eigenvalue weighted by molar-refractivity contribution is -0.116. The Morgan fingerprint density at radius 1 is 1.45 bits per heavy atom. The molecule has 0 aliphatic rings. The van der Waals surface area contributed by atoms with E-state index >= 15 is 0 Å². The van der Waals surface area contributed by atoms with E-state index in [1.165, 1.54) is 10.6 Å². The fraction of sp³-hybridized carbons (Fsp3) is 0.154. The van der Waals surface area contributed by atoms with Crippen molar-refractivity contribution in [1.82, 2.24) is 9.55 Å². The van der Waals surface area contributed by atoms with Crippen LogP contribution in [-0.2, 0) is 11.3 Å². The molecule has 0 unspecified atom stereocenters. The Hall–Kier alpha value is -1.66. The quantitative estimate of drug-likeness (QED) is 0.860. The molecular formula is C13H11BrClN3O2. The number of nitrogens with one attached hydrogen (secondary N) is 1. The molecule has 1 N–H and O–H groups in total. The van der Waals surface area contributed by atoms with Crippen LogP contribution in [0.15, 0.2) is 39.6 Å². The van der Waals surface area contributed by atoms with Gasteiger partial charge >= 0.3 is 0 Å². The largest absolute Gasteiger partial charge is 0.324 e. The molecule has 5 nitrogen and oxygen atoms in total. The van der Waals surface area contributed by atoms with Gasteiger partial charge in [-0.3, -0.25) is 14.2 Å². The summed E-state index contributed by atoms with van der Waals surface area (Å²) in [5, 5.41) is 2.83. The second kappa shape index (κ2) is 6.19. The minimum absolute atomic E-state index is 0.110. The molecule has 104 valence electrons. The van der Waals surface area contributed by atoms with Crippen LogP contribution in [0, 0.1) is 6.92 Å². The van der Waals surface area contributed by atoms with Gasteiger partial charge in [-0.15, -0.1) is 0 Å². The fourth-order valence-corrected chi connectivity index (χ4v) is 2.30. The molecule has 1 aromatic carbocycles. The number of hydrogen-bond acceptors (Lipinski definition) is 3. The Labute approximate surface area is 128 Å². The summed E-state index contributed by atoms with van der Waals surface area (Å²) in [7, 11) is 0. The first kappa shape index (κ1) is 14.7. The summed E-state index contributed by atoms with van der Waals surface area (Å²) >= 11 is 8.99. The highest BCUT2D eigenvalue weighted by Crippen LogP contribution is 2.15. The molecule has 0 fully saturated rings. The molecule has 0 saturated heterocycles. The fourth-order valence-electron chi connectivity index (χ4n) is 1.69. The Kier molecular flexibility index (Phi) is 4.57. The zero-order chi connectivity index (χ0) is 14.7. The van der Waals surface area contributed by atoms with Crippen molar-refractivity contribution in [2.75, 3.05) is 5.32 Å². The van der Waals surface area contributed by atoms with Crippen LogP contribution >= 0.6 is 27.5 Å². The number of carbonyl (C=O) groups excluding carboxylic acids is 1. The second-order valence-electron chi connectivity index (χ2n) is 4.11. The zero-order valence-corrected chi connectivity index (χ0v) is 12.9. The summed E-state index contributed by atoms with van der Waals surface area (Å²) in [5.74, 6) is 0.0873. The smallest absolute Gasteiger partial charge is 0.255 e. The van der Waals surface area contributed by atoms with Gasteiger partial charge < -0.3 is 5.32 Å². The molecule has 1 amide bonds. The number of anilines is 1. The number of benzene rings is 1. The molecule has 0 saturated carbocycles. The lowest BCUT2D eigenvalue weighted by Gasteiger charge is -2.10. The molecule has 0 atom stereocenters. The first-order valence-corrected chi connectivity index (χ1v) is 6.92. The molecule has 1 aromatic heterocycles. The summed E-state index contributed by atoms with van der Waals surface area (Å²) in [6.45, 7) is 1.51. The van der Waals surface area contributed by atoms with Crippen LogP contribution < -0.4 is 10.9 Å². The predicted octanol–water partition coefficient (Wildman–Crippen LogP) is 2.61. The SMILES string of the molecule is Cc1nc(Cl)cc(=O)n1CC(=O)Nc1cccc(Br)c1. The van der Waals surface area contributed by atoms with Gasteiger partial charge in [0.2, 0.25) is 5.91 Å². The minimum atomic E-state index is -0.355. The van der Waals surface area contributed by atoms with E-state index in [9.17, 15) is 9.59 Å². The molecule has 0 bridgehead atoms. The Bertz CT molecular complexity index is 715. The maximum Gasteiger partial charge on any atom is 0.255 e. The van der Waals surface area contributed by atoms with Crippen LogP contribution in [-0.4, -0.2) is 15.5 Å². The molecule has 0 radical (unpaired) electrons. The van der Waals surface area contributed by atoms with Crippen LogP contribution in [0.4, 0.5) is 5.69 Å². The third-order valence-electron chi connectivity index (χ3n) is 2.58. The number of halogens is 2. The zero-order valence-electron chi connectivity index (χ0n) is 10.6. The van der Waals surface area contributed by atoms with Crippen molar-refractivity contribution in [3.8, 4) is 0 Å². The van der Waals surface area contributed by atoms with Crippen molar-refractivity contribution in [3.63, 3.8) is 0 Å². The van der Waals surface area contributed by atoms with Gasteiger partial charge in [-0.05, 0) is 25.1 Å². The minimum Gasteiger partial charge on any atom is -0.324 e. The van der Waals surface area contributed by atoms with Crippen LogP contribution in [0.1, 0.15) is 5.82 Å². The van der Waals surface area contributed by atoms with E-state index < -0.39 is 0 Å². The molecular weight excluding hydrogens is 346 g/mol. The summed E-state index contributed by atoms with van der Waals surface area (Å²) in [4.78, 5) is 27.6. The predicted molar refractivity (Wildman–Crippen MR) is 81.0 cm³/mol. The summed E-state index contributed by atoms with van der Waals surface area (Å²) in [6, 6.07) is 8.38. The maximum absolute atomic E-state index is 11.9. The molecule has 20 heavy (non-hydrogen) atoms. The molecule has 0 spiro atoms. The van der Waals surface area contributed by atoms with Crippen molar-refractivity contribution in [1.29, 1.82) is 0 Å². The average molecular weight is 357 g/mol. The summed E-state index contributed by atoms with van der Waals surface area (Å²) in [6.07, 6.45) is 0. The number of aryl methyl sites for hydroxylation is 1. The molecule has 2 rings (SSSR count). The summed E-state index contributed by atoms with van der Waals surface area (Å²) in [5.41, 5.74) is 0.295. The third-order valence-corrected chi connectivity index (χ3v) is 3.26. The van der Waals surface area contributed by atoms with Gasteiger partial charge in [-0.2, -0.15) is 0 Å². The first-order chi connectivity index (χ1) is 9.45. The highest BCUT2D eigenvalue weighted by molar-refractivity contribution is 9.10. The van der Waals surface area contributed by atoms with Crippen molar-refractivity contribution in [2.45, 2.75) is 13.5 Å². The highest BCUT2D eigenvalue weighted by atomic mass is 79.9. The van der Waals surface area contributed by atoms with Crippen LogP contribution in [0.2, 0.25) is 5.15 Å². The average Bonchev–Trinajstić information content (AvgIpc) is 2.33. The lowest BCUT2D eigenvalue weighted by atomic mass is 10.3. The van der Waals surface area contributed by atoms with E-state index in [4.69, 9.17) is 11.6 Å². The number of hydrogen-bond donors (Lipinski definition) is 1. The molecule has 0 aliphatic heterocycles. The van der Waals surface area contributed by atoms with Crippen molar-refractivity contribution in [3.05, 3.63) is 56.1 Å². The van der Waals surface area contributed by atoms with Crippen molar-refractivity contribution in [2.24, 2.45) is 0 Å². The monoisotopic (exact) mass is 355 g/mol. The standard InChI is InChI=1S/C13H11BrClN3O2/c1-8-16-11(15)6-13(20)18(8)7-12(19)17-10-4-2-3-9(14)5-10/h2-6H,7H2,1H3,(H,17,19). The second-order valence-corrected chi connectivity index (χ2v) is 5.41. The van der Waals surface area contributed by atoms with Gasteiger partial charge in [0.05, 0.1) is 0 Å². The van der Waals surface area contributed by atoms with E-state index in [1.54, 1.807) is 25.1 Å². The number of rotatable bonds is 3. The van der Waals surface area contributed by atoms with Crippen LogP contribution in [0.3, 0.4) is 0 Å². The number of nitrogens with zero attached hydrogens (tertiary/aromatic N) is 2. The first-order valence-electron chi connectivity index (χ1n) is 5.75. The van der Waals surface area contributed by atoms with Gasteiger partial charge in [0, 0.05) is 16.2 Å². The molecule has 1 heterocycles. The Morgan fingerprint density at radius 3 is 2.85 bits per heavy atom. The van der Waals surface area contributed by atoms with Gasteiger partial charge in [0.25, 0.3) is 5.56 Å². The maximum atomic E-state index is 11.9. The lowest BCUT2D eigenvalue weighted by Crippen LogP contribution is -2.29. The van der Waals surface area contributed by atoms with E-state index in [1.807, 2.05) is 6.07 Å². The molecule has 0 aliphatic carbocycles. The topological polar surface area (TPSA) is 64.0 Å². The Morgan fingerprint density at radius 2 is 2.20 bits per heavy atom. The Balaban J connectivity index is 2.15. The molecule has 7 heteroatoms. The molecule has 2 aromatic rings. The van der Waals surface area contributed by atoms with E-state index in [0.29, 0.717) is 11.5 Å². The number of amides is 1. The normalized spacial score (nSPS) is 10.3. The van der Waals surface area contributed by atoms with Gasteiger partial charge in [0.15, 0.2) is 0 Å². The van der Waals surface area contributed by atoms with Gasteiger partial charge in [-0.25, -0.2) is 4.98 Å². The summed E-state index contributed by atoms with van der Waals surface area (Å²) < 4.78 is 2.12. The van der Waals surface area contributed by atoms with Crippen molar-refractivity contribution >= 4 is 39.1 Å². The highest BCUT2D eigenvalue weighted by Gasteiger charge is 2.09. The van der Waals surface area contributed by atoms with E-state index in [2.05, 4.69) is 26.2 Å². The number of carbonyl (C=O) groups is 1. The van der Waals surface area contributed by atoms with Crippen LogP contribution in [0.5, 0.6) is 0 Å². The van der Waals surface area contributed by atoms with Crippen LogP contribution in [0.25, 0.3) is 0 Å². The van der Waals surface area contributed by atoms with E-state index in [0.717, 1.165) is 4.47 Å². The van der Waals surface area contributed by atoms with Gasteiger partial charge in [-0.1, -0.05) is 33.6 Å². The third kappa shape index (κ3) is 3.68. The van der Waals surface area contributed by atoms with E-state index in [-0.39, 0.29) is 23.2 Å². The number of aromatic nitrogens is 2. The van der Waals surface area contributed by atoms with Crippen molar-refractivity contribution < 1.29 is 4.79 Å². The van der Waals surface area contributed by atoms with Gasteiger partial charge in [0.1, 0.15) is 17.5 Å².